The van der Waals surface area contributed by atoms with E-state index in [1.807, 2.05) is 0 Å². The van der Waals surface area contributed by atoms with Crippen molar-refractivity contribution in [3.05, 3.63) is 83.8 Å². The van der Waals surface area contributed by atoms with E-state index < -0.39 is 32.8 Å². The highest BCUT2D eigenvalue weighted by Gasteiger charge is 2.64. The summed E-state index contributed by atoms with van der Waals surface area (Å²) in [4.78, 5) is 16.2. The first-order chi connectivity index (χ1) is 15.9. The molecule has 1 aromatic carbocycles. The molecule has 0 aliphatic carbocycles. The highest BCUT2D eigenvalue weighted by atomic mass is 35.5. The van der Waals surface area contributed by atoms with Gasteiger partial charge >= 0.3 is 7.60 Å². The van der Waals surface area contributed by atoms with E-state index in [2.05, 4.69) is 18.1 Å². The van der Waals surface area contributed by atoms with Gasteiger partial charge in [0.1, 0.15) is 12.4 Å². The van der Waals surface area contributed by atoms with Crippen molar-refractivity contribution in [3.63, 3.8) is 0 Å². The first kappa shape index (κ1) is 24.9. The van der Waals surface area contributed by atoms with Gasteiger partial charge in [0.05, 0.1) is 11.6 Å². The van der Waals surface area contributed by atoms with Crippen molar-refractivity contribution in [1.82, 2.24) is 9.88 Å². The summed E-state index contributed by atoms with van der Waals surface area (Å²) in [5.41, 5.74) is 0.597. The molecule has 2 aliphatic heterocycles. The van der Waals surface area contributed by atoms with Crippen LogP contribution in [-0.4, -0.2) is 44.8 Å². The minimum absolute atomic E-state index is 0.117. The van der Waals surface area contributed by atoms with Crippen LogP contribution in [0.25, 0.3) is 0 Å². The summed E-state index contributed by atoms with van der Waals surface area (Å²) in [6.07, 6.45) is 0.932. The molecule has 0 amide bonds. The van der Waals surface area contributed by atoms with E-state index in [4.69, 9.17) is 30.1 Å². The maximum Gasteiger partial charge on any atom is 0.372 e. The van der Waals surface area contributed by atoms with Crippen molar-refractivity contribution in [1.29, 1.82) is 0 Å². The Morgan fingerprint density at radius 1 is 1.38 bits per heavy atom. The Balaban J connectivity index is 1.55. The predicted octanol–water partition coefficient (Wildman–Crippen LogP) is 4.42. The Kier molecular flexibility index (Phi) is 6.70. The second-order valence-electron chi connectivity index (χ2n) is 7.80. The number of ether oxygens (including phenoxy) is 2. The summed E-state index contributed by atoms with van der Waals surface area (Å²) in [5, 5.41) is 8.50. The first-order valence-electron chi connectivity index (χ1n) is 10.1. The van der Waals surface area contributed by atoms with Gasteiger partial charge in [0.15, 0.2) is 18.1 Å². The minimum Gasteiger partial charge on any atom is -0.477 e. The zero-order valence-electron chi connectivity index (χ0n) is 18.2. The van der Waals surface area contributed by atoms with Crippen LogP contribution in [0.4, 0.5) is 0 Å². The molecule has 4 rings (SSSR count). The monoisotopic (exact) mass is 528 g/mol. The molecule has 2 fully saturated rings. The third-order valence-electron chi connectivity index (χ3n) is 5.44. The molecule has 2 aromatic rings. The molecule has 0 radical (unpaired) electrons. The highest BCUT2D eigenvalue weighted by molar-refractivity contribution is 7.75. The average Bonchev–Trinajstić information content (AvgIpc) is 3.20. The largest absolute Gasteiger partial charge is 0.477 e. The molecule has 2 saturated heterocycles. The van der Waals surface area contributed by atoms with Crippen LogP contribution in [-0.2, 0) is 29.3 Å². The average molecular weight is 529 g/mol. The van der Waals surface area contributed by atoms with Gasteiger partial charge in [0.2, 0.25) is 12.5 Å². The number of hydrogen-bond acceptors (Lipinski definition) is 9. The topological polar surface area (TPSA) is 128 Å². The Morgan fingerprint density at radius 3 is 2.74 bits per heavy atom. The van der Waals surface area contributed by atoms with Gasteiger partial charge in [-0.15, -0.1) is 0 Å². The van der Waals surface area contributed by atoms with Gasteiger partial charge < -0.3 is 19.5 Å². The third-order valence-corrected chi connectivity index (χ3v) is 11.2. The molecule has 4 unspecified atom stereocenters. The fourth-order valence-corrected chi connectivity index (χ4v) is 8.08. The second kappa shape index (κ2) is 9.13. The van der Waals surface area contributed by atoms with Gasteiger partial charge in [-0.1, -0.05) is 23.7 Å². The second-order valence-corrected chi connectivity index (χ2v) is 13.2. The molecule has 0 bridgehead atoms. The van der Waals surface area contributed by atoms with Gasteiger partial charge in [-0.05, 0) is 36.9 Å². The van der Waals surface area contributed by atoms with Gasteiger partial charge in [0, 0.05) is 31.0 Å². The molecule has 182 valence electrons. The number of halogens is 1. The van der Waals surface area contributed by atoms with Crippen molar-refractivity contribution in [3.8, 4) is 5.75 Å². The molecular weight excluding hydrogens is 506 g/mol. The van der Waals surface area contributed by atoms with Crippen molar-refractivity contribution in [2.75, 3.05) is 19.8 Å². The van der Waals surface area contributed by atoms with Crippen LogP contribution in [0.15, 0.2) is 67.6 Å². The lowest BCUT2D eigenvalue weighted by Gasteiger charge is -2.43. The lowest BCUT2D eigenvalue weighted by atomic mass is 10.2. The van der Waals surface area contributed by atoms with E-state index in [1.54, 1.807) is 17.0 Å². The molecule has 2 N–H and O–H groups in total. The normalized spacial score (nSPS) is 31.2. The molecule has 0 saturated carbocycles. The summed E-state index contributed by atoms with van der Waals surface area (Å²) in [5.74, 6) is 0.893. The fraction of sp³-hybridized carbons (Fsp3) is 0.286. The van der Waals surface area contributed by atoms with Crippen LogP contribution < -0.4 is 4.74 Å². The van der Waals surface area contributed by atoms with Crippen LogP contribution in [0.5, 0.6) is 5.75 Å². The molecule has 1 aromatic heterocycles. The van der Waals surface area contributed by atoms with Crippen molar-refractivity contribution >= 4 is 26.6 Å². The van der Waals surface area contributed by atoms with E-state index in [9.17, 15) is 19.1 Å². The van der Waals surface area contributed by atoms with E-state index in [0.717, 1.165) is 6.66 Å². The number of hydrogen-bond donors (Lipinski definition) is 2. The summed E-state index contributed by atoms with van der Waals surface area (Å²) in [7, 11) is -8.98. The molecule has 34 heavy (non-hydrogen) atoms. The highest BCUT2D eigenvalue weighted by Crippen LogP contribution is 2.79. The quantitative estimate of drug-likeness (QED) is 0.411. The van der Waals surface area contributed by atoms with Crippen LogP contribution in [0, 0.1) is 0 Å². The Labute approximate surface area is 201 Å². The summed E-state index contributed by atoms with van der Waals surface area (Å²) in [6, 6.07) is 7.50. The van der Waals surface area contributed by atoms with Crippen molar-refractivity contribution in [2.24, 2.45) is 0 Å². The number of aliphatic hydroxyl groups is 1. The number of aromatic nitrogens is 1. The lowest BCUT2D eigenvalue weighted by Crippen LogP contribution is -2.37. The molecule has 2 aliphatic rings. The summed E-state index contributed by atoms with van der Waals surface area (Å²) >= 11 is 6.33. The molecule has 0 spiro atoms. The zero-order chi connectivity index (χ0) is 24.7. The molecule has 10 nitrogen and oxygen atoms in total. The maximum absolute atomic E-state index is 13.4. The molecule has 3 heterocycles. The van der Waals surface area contributed by atoms with Gasteiger partial charge in [-0.3, -0.25) is 28.1 Å². The van der Waals surface area contributed by atoms with E-state index >= 15 is 0 Å². The van der Waals surface area contributed by atoms with Crippen LogP contribution in [0.1, 0.15) is 17.4 Å². The number of benzene rings is 1. The zero-order valence-corrected chi connectivity index (χ0v) is 20.7. The smallest absolute Gasteiger partial charge is 0.372 e. The van der Waals surface area contributed by atoms with Crippen molar-refractivity contribution < 1.29 is 37.7 Å². The standard InChI is InChI=1S/C21H23ClN2O8P2/c1-14-24(9-10-29-14)15(2)30-19-7-6-17(11-18(19)22)20-31-33(3,26)21(25,34(27,28)32-20)12-16-5-4-8-23-13-16/h4-8,11,13,20,25H,1-2,9-10,12H2,3H3,(H,27,28). The molecular formula is C21H23ClN2O8P2. The van der Waals surface area contributed by atoms with Gasteiger partial charge in [-0.25, -0.2) is 0 Å². The van der Waals surface area contributed by atoms with Gasteiger partial charge in [-0.2, -0.15) is 0 Å². The number of rotatable bonds is 6. The van der Waals surface area contributed by atoms with Crippen LogP contribution in [0.2, 0.25) is 5.02 Å². The van der Waals surface area contributed by atoms with Crippen LogP contribution in [0.3, 0.4) is 0 Å². The summed E-state index contributed by atoms with van der Waals surface area (Å²) in [6.45, 7) is 9.67. The van der Waals surface area contributed by atoms with E-state index in [0.29, 0.717) is 24.6 Å². The molecule has 13 heteroatoms. The fourth-order valence-electron chi connectivity index (χ4n) is 3.52. The molecule has 4 atom stereocenters. The summed E-state index contributed by atoms with van der Waals surface area (Å²) < 4.78 is 48.2. The van der Waals surface area contributed by atoms with Crippen molar-refractivity contribution in [2.45, 2.75) is 17.8 Å². The number of pyridine rings is 1. The Bertz CT molecular complexity index is 1200. The third kappa shape index (κ3) is 4.55. The van der Waals surface area contributed by atoms with Crippen LogP contribution >= 0.6 is 26.6 Å². The number of nitrogens with zero attached hydrogens (tertiary/aromatic N) is 2. The SMILES string of the molecule is C=C1OCCN1C(=C)Oc1ccc(C2OP(C)(=O)C(O)(Cc3cccnc3)P(=O)(O)O2)cc1Cl. The van der Waals surface area contributed by atoms with E-state index in [-0.39, 0.29) is 22.2 Å². The minimum atomic E-state index is -4.87. The Hall–Kier alpha value is -2.16. The maximum atomic E-state index is 13.4. The predicted molar refractivity (Wildman–Crippen MR) is 124 cm³/mol. The van der Waals surface area contributed by atoms with E-state index in [1.165, 1.54) is 30.6 Å². The van der Waals surface area contributed by atoms with Gasteiger partial charge in [0.25, 0.3) is 0 Å². The first-order valence-corrected chi connectivity index (χ1v) is 14.1. The Morgan fingerprint density at radius 2 is 2.15 bits per heavy atom. The lowest BCUT2D eigenvalue weighted by molar-refractivity contribution is -0.0439.